The van der Waals surface area contributed by atoms with Crippen molar-refractivity contribution in [3.8, 4) is 0 Å². The number of rotatable bonds is 1. The van der Waals surface area contributed by atoms with E-state index in [-0.39, 0.29) is 5.92 Å². The maximum absolute atomic E-state index is 11.0. The molecule has 0 amide bonds. The number of hydrogen-bond acceptors (Lipinski definition) is 3. The van der Waals surface area contributed by atoms with Crippen molar-refractivity contribution < 1.29 is 9.90 Å². The summed E-state index contributed by atoms with van der Waals surface area (Å²) in [7, 11) is 2.05. The average molecular weight is 184 g/mol. The van der Waals surface area contributed by atoms with Crippen molar-refractivity contribution >= 4 is 5.97 Å². The minimum absolute atomic E-state index is 0.129. The number of hydrogen-bond donors (Lipinski definition) is 2. The van der Waals surface area contributed by atoms with Gasteiger partial charge < -0.3 is 15.3 Å². The van der Waals surface area contributed by atoms with E-state index >= 15 is 0 Å². The van der Waals surface area contributed by atoms with Crippen LogP contribution >= 0.6 is 0 Å². The fraction of sp³-hybridized carbons (Fsp3) is 0.889. The molecule has 2 N–H and O–H groups in total. The van der Waals surface area contributed by atoms with Gasteiger partial charge in [-0.25, -0.2) is 0 Å². The third kappa shape index (κ3) is 1.56. The highest BCUT2D eigenvalue weighted by atomic mass is 16.4. The first-order valence-corrected chi connectivity index (χ1v) is 4.83. The van der Waals surface area contributed by atoms with Gasteiger partial charge in [0, 0.05) is 25.0 Å². The van der Waals surface area contributed by atoms with Crippen LogP contribution in [0.2, 0.25) is 0 Å². The molecular weight excluding hydrogens is 168 g/mol. The van der Waals surface area contributed by atoms with Crippen LogP contribution in [0.25, 0.3) is 0 Å². The van der Waals surface area contributed by atoms with Gasteiger partial charge in [0.15, 0.2) is 0 Å². The quantitative estimate of drug-likeness (QED) is 0.583. The van der Waals surface area contributed by atoms with Gasteiger partial charge in [0.05, 0.1) is 5.92 Å². The molecular formula is C9H16N2O2. The number of carboxylic acids is 1. The molecule has 0 saturated carbocycles. The van der Waals surface area contributed by atoms with Crippen LogP contribution in [0, 0.1) is 11.8 Å². The van der Waals surface area contributed by atoms with E-state index in [1.54, 1.807) is 0 Å². The predicted molar refractivity (Wildman–Crippen MR) is 48.5 cm³/mol. The molecule has 0 aromatic heterocycles. The summed E-state index contributed by atoms with van der Waals surface area (Å²) < 4.78 is 0. The first-order valence-electron chi connectivity index (χ1n) is 4.83. The third-order valence-corrected chi connectivity index (χ3v) is 3.24. The topological polar surface area (TPSA) is 52.6 Å². The summed E-state index contributed by atoms with van der Waals surface area (Å²) in [5.74, 6) is -0.431. The Bertz CT molecular complexity index is 220. The van der Waals surface area contributed by atoms with Crippen molar-refractivity contribution in [2.24, 2.45) is 11.8 Å². The minimum Gasteiger partial charge on any atom is -0.481 e. The van der Waals surface area contributed by atoms with E-state index in [4.69, 9.17) is 5.11 Å². The van der Waals surface area contributed by atoms with Gasteiger partial charge in [-0.3, -0.25) is 4.79 Å². The molecule has 4 nitrogen and oxygen atoms in total. The Kier molecular flexibility index (Phi) is 2.26. The summed E-state index contributed by atoms with van der Waals surface area (Å²) in [6.45, 7) is 2.77. The Morgan fingerprint density at radius 3 is 3.00 bits per heavy atom. The number of aliphatic carboxylic acids is 1. The zero-order chi connectivity index (χ0) is 9.42. The van der Waals surface area contributed by atoms with Gasteiger partial charge in [-0.15, -0.1) is 0 Å². The summed E-state index contributed by atoms with van der Waals surface area (Å²) in [6, 6.07) is 0.403. The number of nitrogens with one attached hydrogen (secondary N) is 1. The molecule has 2 rings (SSSR count). The van der Waals surface area contributed by atoms with Gasteiger partial charge in [-0.2, -0.15) is 0 Å². The Balaban J connectivity index is 2.09. The molecule has 4 heteroatoms. The van der Waals surface area contributed by atoms with Crippen LogP contribution in [0.15, 0.2) is 0 Å². The molecule has 2 heterocycles. The monoisotopic (exact) mass is 184 g/mol. The van der Waals surface area contributed by atoms with Crippen molar-refractivity contribution in [3.63, 3.8) is 0 Å². The van der Waals surface area contributed by atoms with Gasteiger partial charge in [-0.1, -0.05) is 0 Å². The minimum atomic E-state index is -0.619. The maximum Gasteiger partial charge on any atom is 0.306 e. The SMILES string of the molecule is CN1CC2NCCC(C(=O)O)C2C1. The fourth-order valence-corrected chi connectivity index (χ4v) is 2.60. The number of piperidine rings is 1. The fourth-order valence-electron chi connectivity index (χ4n) is 2.60. The van der Waals surface area contributed by atoms with Gasteiger partial charge in [-0.05, 0) is 20.0 Å². The smallest absolute Gasteiger partial charge is 0.306 e. The molecule has 74 valence electrons. The van der Waals surface area contributed by atoms with Crippen molar-refractivity contribution in [1.82, 2.24) is 10.2 Å². The van der Waals surface area contributed by atoms with E-state index in [9.17, 15) is 4.79 Å². The van der Waals surface area contributed by atoms with E-state index in [1.165, 1.54) is 0 Å². The largest absolute Gasteiger partial charge is 0.481 e. The summed E-state index contributed by atoms with van der Waals surface area (Å²) in [5.41, 5.74) is 0. The van der Waals surface area contributed by atoms with E-state index in [0.29, 0.717) is 12.0 Å². The zero-order valence-corrected chi connectivity index (χ0v) is 7.86. The lowest BCUT2D eigenvalue weighted by molar-refractivity contribution is -0.144. The lowest BCUT2D eigenvalue weighted by Gasteiger charge is -2.31. The van der Waals surface area contributed by atoms with Crippen LogP contribution in [0.3, 0.4) is 0 Å². The van der Waals surface area contributed by atoms with Crippen LogP contribution in [-0.4, -0.2) is 48.7 Å². The maximum atomic E-state index is 11.0. The molecule has 2 saturated heterocycles. The first kappa shape index (κ1) is 8.97. The third-order valence-electron chi connectivity index (χ3n) is 3.24. The molecule has 2 aliphatic rings. The summed E-state index contributed by atoms with van der Waals surface area (Å²) >= 11 is 0. The lowest BCUT2D eigenvalue weighted by Crippen LogP contribution is -2.47. The normalized spacial score (nSPS) is 40.2. The molecule has 2 aliphatic heterocycles. The van der Waals surface area contributed by atoms with E-state index in [1.807, 2.05) is 0 Å². The first-order chi connectivity index (χ1) is 6.18. The molecule has 0 aliphatic carbocycles. The van der Waals surface area contributed by atoms with Crippen LogP contribution < -0.4 is 5.32 Å². The lowest BCUT2D eigenvalue weighted by atomic mass is 9.83. The molecule has 0 aromatic carbocycles. The average Bonchev–Trinajstić information content (AvgIpc) is 2.43. The second-order valence-electron chi connectivity index (χ2n) is 4.18. The molecule has 0 radical (unpaired) electrons. The number of carboxylic acid groups (broad SMARTS) is 1. The van der Waals surface area contributed by atoms with Crippen molar-refractivity contribution in [1.29, 1.82) is 0 Å². The zero-order valence-electron chi connectivity index (χ0n) is 7.86. The molecule has 3 unspecified atom stereocenters. The molecule has 0 aromatic rings. The Morgan fingerprint density at radius 2 is 2.31 bits per heavy atom. The van der Waals surface area contributed by atoms with Crippen LogP contribution in [0.1, 0.15) is 6.42 Å². The van der Waals surface area contributed by atoms with Crippen molar-refractivity contribution in [2.45, 2.75) is 12.5 Å². The standard InChI is InChI=1S/C9H16N2O2/c1-11-4-7-6(9(12)13)2-3-10-8(7)5-11/h6-8,10H,2-5H2,1H3,(H,12,13). The van der Waals surface area contributed by atoms with Gasteiger partial charge >= 0.3 is 5.97 Å². The van der Waals surface area contributed by atoms with E-state index in [2.05, 4.69) is 17.3 Å². The second kappa shape index (κ2) is 3.27. The molecule has 0 spiro atoms. The highest BCUT2D eigenvalue weighted by Crippen LogP contribution is 2.29. The molecule has 2 fully saturated rings. The summed E-state index contributed by atoms with van der Waals surface area (Å²) in [6.07, 6.45) is 0.782. The van der Waals surface area contributed by atoms with E-state index < -0.39 is 5.97 Å². The summed E-state index contributed by atoms with van der Waals surface area (Å²) in [4.78, 5) is 13.2. The number of nitrogens with zero attached hydrogens (tertiary/aromatic N) is 1. The second-order valence-corrected chi connectivity index (χ2v) is 4.18. The van der Waals surface area contributed by atoms with Gasteiger partial charge in [0.25, 0.3) is 0 Å². The highest BCUT2D eigenvalue weighted by molar-refractivity contribution is 5.70. The van der Waals surface area contributed by atoms with E-state index in [0.717, 1.165) is 26.1 Å². The van der Waals surface area contributed by atoms with Crippen molar-refractivity contribution in [3.05, 3.63) is 0 Å². The number of carbonyl (C=O) groups is 1. The Labute approximate surface area is 77.9 Å². The Morgan fingerprint density at radius 1 is 1.54 bits per heavy atom. The van der Waals surface area contributed by atoms with Crippen LogP contribution in [-0.2, 0) is 4.79 Å². The van der Waals surface area contributed by atoms with Crippen molar-refractivity contribution in [2.75, 3.05) is 26.7 Å². The molecule has 0 bridgehead atoms. The van der Waals surface area contributed by atoms with Gasteiger partial charge in [0.2, 0.25) is 0 Å². The number of likely N-dealkylation sites (N-methyl/N-ethyl adjacent to an activating group) is 1. The summed E-state index contributed by atoms with van der Waals surface area (Å²) in [5, 5.41) is 12.4. The Hall–Kier alpha value is -0.610. The number of fused-ring (bicyclic) bond motifs is 1. The molecule has 3 atom stereocenters. The number of likely N-dealkylation sites (tertiary alicyclic amines) is 1. The highest BCUT2D eigenvalue weighted by Gasteiger charge is 2.41. The van der Waals surface area contributed by atoms with Crippen LogP contribution in [0.5, 0.6) is 0 Å². The van der Waals surface area contributed by atoms with Gasteiger partial charge in [0.1, 0.15) is 0 Å². The predicted octanol–water partition coefficient (Wildman–Crippen LogP) is -0.389. The molecule has 13 heavy (non-hydrogen) atoms. The van der Waals surface area contributed by atoms with Crippen LogP contribution in [0.4, 0.5) is 0 Å².